The van der Waals surface area contributed by atoms with Gasteiger partial charge in [0.1, 0.15) is 4.90 Å². The zero-order chi connectivity index (χ0) is 15.3. The van der Waals surface area contributed by atoms with Crippen LogP contribution in [0.5, 0.6) is 0 Å². The summed E-state index contributed by atoms with van der Waals surface area (Å²) in [5.74, 6) is 0. The lowest BCUT2D eigenvalue weighted by Crippen LogP contribution is -2.28. The number of methoxy groups -OCH3 is 1. The first kappa shape index (κ1) is 15.4. The molecule has 0 amide bonds. The van der Waals surface area contributed by atoms with E-state index in [0.717, 1.165) is 11.1 Å². The summed E-state index contributed by atoms with van der Waals surface area (Å²) in [6.07, 6.45) is 2.56. The van der Waals surface area contributed by atoms with E-state index in [1.165, 1.54) is 18.5 Å². The average Bonchev–Trinajstić information content (AvgIpc) is 2.47. The minimum atomic E-state index is -3.86. The summed E-state index contributed by atoms with van der Waals surface area (Å²) in [4.78, 5) is 13.9. The maximum absolute atomic E-state index is 12.1. The Morgan fingerprint density at radius 2 is 1.90 bits per heavy atom. The first-order valence-corrected chi connectivity index (χ1v) is 7.75. The number of hydrogen-bond donors (Lipinski definition) is 2. The molecule has 21 heavy (non-hydrogen) atoms. The fourth-order valence-electron chi connectivity index (χ4n) is 1.89. The van der Waals surface area contributed by atoms with Crippen molar-refractivity contribution in [3.05, 3.63) is 64.1 Å². The Kier molecular flexibility index (Phi) is 4.89. The Morgan fingerprint density at radius 3 is 2.57 bits per heavy atom. The molecule has 0 aliphatic rings. The smallest absolute Gasteiger partial charge is 0.246 e. The number of benzene rings is 1. The fourth-order valence-corrected chi connectivity index (χ4v) is 2.94. The number of ether oxygens (including phenoxy) is 1. The van der Waals surface area contributed by atoms with Crippen LogP contribution in [0.2, 0.25) is 0 Å². The summed E-state index contributed by atoms with van der Waals surface area (Å²) in [5, 5.41) is 0. The van der Waals surface area contributed by atoms with Gasteiger partial charge in [0, 0.05) is 32.1 Å². The number of pyridine rings is 1. The van der Waals surface area contributed by atoms with Crippen molar-refractivity contribution < 1.29 is 13.2 Å². The summed E-state index contributed by atoms with van der Waals surface area (Å²) >= 11 is 0. The lowest BCUT2D eigenvalue weighted by Gasteiger charge is -2.10. The second-order valence-corrected chi connectivity index (χ2v) is 6.13. The molecule has 2 rings (SSSR count). The molecule has 2 aromatic rings. The maximum Gasteiger partial charge on any atom is 0.246 e. The number of nitrogens with one attached hydrogen (secondary N) is 2. The third-order valence-corrected chi connectivity index (χ3v) is 4.37. The van der Waals surface area contributed by atoms with Gasteiger partial charge in [0.05, 0.1) is 6.61 Å². The molecule has 0 fully saturated rings. The van der Waals surface area contributed by atoms with Gasteiger partial charge in [0.25, 0.3) is 0 Å². The van der Waals surface area contributed by atoms with Crippen molar-refractivity contribution in [3.63, 3.8) is 0 Å². The van der Waals surface area contributed by atoms with Crippen molar-refractivity contribution in [3.8, 4) is 0 Å². The van der Waals surface area contributed by atoms with E-state index in [1.807, 2.05) is 24.3 Å². The quantitative estimate of drug-likeness (QED) is 0.833. The maximum atomic E-state index is 12.1. The molecular weight excluding hydrogens is 292 g/mol. The largest absolute Gasteiger partial charge is 0.380 e. The van der Waals surface area contributed by atoms with E-state index in [0.29, 0.717) is 6.61 Å². The predicted molar refractivity (Wildman–Crippen MR) is 78.2 cm³/mol. The van der Waals surface area contributed by atoms with Crippen LogP contribution in [0.1, 0.15) is 11.1 Å². The molecule has 7 heteroatoms. The lowest BCUT2D eigenvalue weighted by atomic mass is 10.1. The first-order valence-electron chi connectivity index (χ1n) is 6.27. The monoisotopic (exact) mass is 308 g/mol. The van der Waals surface area contributed by atoms with E-state index < -0.39 is 15.5 Å². The minimum Gasteiger partial charge on any atom is -0.380 e. The first-order chi connectivity index (χ1) is 10.0. The third kappa shape index (κ3) is 3.78. The summed E-state index contributed by atoms with van der Waals surface area (Å²) in [7, 11) is -2.28. The average molecular weight is 308 g/mol. The summed E-state index contributed by atoms with van der Waals surface area (Å²) in [6.45, 7) is 0.486. The van der Waals surface area contributed by atoms with Crippen LogP contribution >= 0.6 is 0 Å². The Bertz CT molecular complexity index is 768. The molecular formula is C14H16N2O4S. The molecule has 0 unspecified atom stereocenters. The normalized spacial score (nSPS) is 11.5. The predicted octanol–water partition coefficient (Wildman–Crippen LogP) is 1.000. The zero-order valence-corrected chi connectivity index (χ0v) is 12.3. The second kappa shape index (κ2) is 6.66. The number of aromatic amines is 1. The van der Waals surface area contributed by atoms with Crippen molar-refractivity contribution in [2.45, 2.75) is 18.0 Å². The van der Waals surface area contributed by atoms with Gasteiger partial charge in [-0.05, 0) is 11.1 Å². The zero-order valence-electron chi connectivity index (χ0n) is 11.5. The molecule has 112 valence electrons. The molecule has 0 saturated heterocycles. The van der Waals surface area contributed by atoms with Crippen LogP contribution in [-0.4, -0.2) is 20.5 Å². The Morgan fingerprint density at radius 1 is 1.19 bits per heavy atom. The number of rotatable bonds is 6. The Balaban J connectivity index is 2.20. The van der Waals surface area contributed by atoms with Gasteiger partial charge >= 0.3 is 0 Å². The van der Waals surface area contributed by atoms with Crippen LogP contribution in [0, 0.1) is 0 Å². The van der Waals surface area contributed by atoms with Gasteiger partial charge in [-0.1, -0.05) is 24.3 Å². The highest BCUT2D eigenvalue weighted by Gasteiger charge is 2.17. The van der Waals surface area contributed by atoms with Crippen LogP contribution in [-0.2, 0) is 27.9 Å². The van der Waals surface area contributed by atoms with Crippen LogP contribution in [0.3, 0.4) is 0 Å². The summed E-state index contributed by atoms with van der Waals surface area (Å²) in [5.41, 5.74) is 1.14. The number of H-pyrrole nitrogens is 1. The van der Waals surface area contributed by atoms with Crippen molar-refractivity contribution in [2.75, 3.05) is 7.11 Å². The number of sulfonamides is 1. The molecule has 0 bridgehead atoms. The highest BCUT2D eigenvalue weighted by molar-refractivity contribution is 7.89. The molecule has 0 atom stereocenters. The van der Waals surface area contributed by atoms with Crippen LogP contribution < -0.4 is 10.2 Å². The molecule has 0 spiro atoms. The van der Waals surface area contributed by atoms with E-state index in [2.05, 4.69) is 9.71 Å². The van der Waals surface area contributed by atoms with Gasteiger partial charge in [-0.2, -0.15) is 0 Å². The molecule has 0 aliphatic heterocycles. The van der Waals surface area contributed by atoms with E-state index in [4.69, 9.17) is 4.74 Å². The van der Waals surface area contributed by atoms with E-state index in [-0.39, 0.29) is 11.4 Å². The Hall–Kier alpha value is -1.96. The lowest BCUT2D eigenvalue weighted by molar-refractivity contribution is 0.184. The SMILES string of the molecule is COCc1ccccc1CNS(=O)(=O)c1c[nH]ccc1=O. The molecule has 6 nitrogen and oxygen atoms in total. The van der Waals surface area contributed by atoms with Crippen molar-refractivity contribution in [1.29, 1.82) is 0 Å². The van der Waals surface area contributed by atoms with Crippen molar-refractivity contribution >= 4 is 10.0 Å². The highest BCUT2D eigenvalue weighted by atomic mass is 32.2. The van der Waals surface area contributed by atoms with Gasteiger partial charge in [-0.25, -0.2) is 13.1 Å². The fraction of sp³-hybridized carbons (Fsp3) is 0.214. The molecule has 0 radical (unpaired) electrons. The molecule has 0 aliphatic carbocycles. The van der Waals surface area contributed by atoms with Gasteiger partial charge in [0.2, 0.25) is 15.5 Å². The van der Waals surface area contributed by atoms with Gasteiger partial charge < -0.3 is 9.72 Å². The van der Waals surface area contributed by atoms with Crippen molar-refractivity contribution in [1.82, 2.24) is 9.71 Å². The molecule has 1 aromatic heterocycles. The molecule has 1 heterocycles. The molecule has 1 aromatic carbocycles. The second-order valence-electron chi connectivity index (χ2n) is 4.40. The van der Waals surface area contributed by atoms with E-state index in [9.17, 15) is 13.2 Å². The van der Waals surface area contributed by atoms with E-state index in [1.54, 1.807) is 7.11 Å². The van der Waals surface area contributed by atoms with Gasteiger partial charge in [-0.3, -0.25) is 4.79 Å². The highest BCUT2D eigenvalue weighted by Crippen LogP contribution is 2.11. The summed E-state index contributed by atoms with van der Waals surface area (Å²) < 4.78 is 31.8. The topological polar surface area (TPSA) is 88.3 Å². The minimum absolute atomic E-state index is 0.0935. The third-order valence-electron chi connectivity index (χ3n) is 2.95. The Labute approximate surface area is 122 Å². The van der Waals surface area contributed by atoms with Crippen LogP contribution in [0.15, 0.2) is 52.4 Å². The number of aromatic nitrogens is 1. The molecule has 2 N–H and O–H groups in total. The standard InChI is InChI=1S/C14H16N2O4S/c1-20-10-12-5-3-2-4-11(12)8-16-21(18,19)14-9-15-7-6-13(14)17/h2-7,9,16H,8,10H2,1H3,(H,15,17). The van der Waals surface area contributed by atoms with Crippen LogP contribution in [0.25, 0.3) is 0 Å². The van der Waals surface area contributed by atoms with E-state index >= 15 is 0 Å². The van der Waals surface area contributed by atoms with Crippen molar-refractivity contribution in [2.24, 2.45) is 0 Å². The van der Waals surface area contributed by atoms with Gasteiger partial charge in [-0.15, -0.1) is 0 Å². The number of hydrogen-bond acceptors (Lipinski definition) is 4. The molecule has 0 saturated carbocycles. The van der Waals surface area contributed by atoms with Crippen LogP contribution in [0.4, 0.5) is 0 Å². The van der Waals surface area contributed by atoms with Gasteiger partial charge in [0.15, 0.2) is 0 Å². The summed E-state index contributed by atoms with van der Waals surface area (Å²) in [6, 6.07) is 8.52.